The Balaban J connectivity index is 1.35. The van der Waals surface area contributed by atoms with Crippen LogP contribution < -0.4 is 15.4 Å². The Morgan fingerprint density at radius 1 is 1.09 bits per heavy atom. The van der Waals surface area contributed by atoms with Gasteiger partial charge in [0.2, 0.25) is 5.91 Å². The first-order valence-corrected chi connectivity index (χ1v) is 12.0. The number of aliphatic hydroxyl groups is 1. The van der Waals surface area contributed by atoms with Gasteiger partial charge in [-0.05, 0) is 31.0 Å². The lowest BCUT2D eigenvalue weighted by molar-refractivity contribution is -0.149. The molecule has 2 aliphatic rings. The first kappa shape index (κ1) is 25.0. The van der Waals surface area contributed by atoms with Gasteiger partial charge < -0.3 is 34.9 Å². The van der Waals surface area contributed by atoms with E-state index in [0.29, 0.717) is 25.1 Å². The van der Waals surface area contributed by atoms with Gasteiger partial charge in [0.25, 0.3) is 0 Å². The molecule has 0 saturated carbocycles. The Kier molecular flexibility index (Phi) is 8.57. The molecular formula is C26H33N3O6. The van der Waals surface area contributed by atoms with Crippen LogP contribution >= 0.6 is 0 Å². The third-order valence-corrected chi connectivity index (χ3v) is 6.35. The standard InChI is InChI=1S/C26H33N3O6/c1-33-23-10-6-5-7-18(23)14-27-25(31)13-21-11-12-22-24(35-21)17-34-16-20(30)15-29(22)26(32)28-19-8-3-2-4-9-19/h2-10,20-22,24,30H,11-17H2,1H3,(H,27,31)(H,28,32)/t20-,21-,22-,24+/m0/s1. The van der Waals surface area contributed by atoms with Crippen molar-refractivity contribution in [2.45, 2.75) is 50.2 Å². The summed E-state index contributed by atoms with van der Waals surface area (Å²) in [6, 6.07) is 16.2. The maximum absolute atomic E-state index is 13.1. The van der Waals surface area contributed by atoms with Crippen molar-refractivity contribution in [1.29, 1.82) is 0 Å². The van der Waals surface area contributed by atoms with E-state index < -0.39 is 6.10 Å². The number of anilines is 1. The number of carbonyl (C=O) groups excluding carboxylic acids is 2. The zero-order valence-electron chi connectivity index (χ0n) is 19.9. The Hall–Kier alpha value is -3.14. The second-order valence-electron chi connectivity index (χ2n) is 8.87. The van der Waals surface area contributed by atoms with E-state index in [-0.39, 0.29) is 56.4 Å². The number of nitrogens with one attached hydrogen (secondary N) is 2. The summed E-state index contributed by atoms with van der Waals surface area (Å²) in [7, 11) is 1.60. The van der Waals surface area contributed by atoms with Crippen molar-refractivity contribution in [2.24, 2.45) is 0 Å². The molecule has 3 amide bonds. The van der Waals surface area contributed by atoms with Gasteiger partial charge >= 0.3 is 6.03 Å². The first-order valence-electron chi connectivity index (χ1n) is 12.0. The molecule has 0 radical (unpaired) electrons. The number of ether oxygens (including phenoxy) is 3. The number of fused-ring (bicyclic) bond motifs is 1. The number of hydrogen-bond donors (Lipinski definition) is 3. The van der Waals surface area contributed by atoms with E-state index in [2.05, 4.69) is 10.6 Å². The highest BCUT2D eigenvalue weighted by Gasteiger charge is 2.40. The lowest BCUT2D eigenvalue weighted by Gasteiger charge is -2.44. The summed E-state index contributed by atoms with van der Waals surface area (Å²) in [5, 5.41) is 16.1. The fraction of sp³-hybridized carbons (Fsp3) is 0.462. The predicted molar refractivity (Wildman–Crippen MR) is 130 cm³/mol. The van der Waals surface area contributed by atoms with E-state index in [9.17, 15) is 14.7 Å². The lowest BCUT2D eigenvalue weighted by Crippen LogP contribution is -2.58. The Morgan fingerprint density at radius 3 is 2.66 bits per heavy atom. The average molecular weight is 484 g/mol. The SMILES string of the molecule is COc1ccccc1CNC(=O)C[C@@H]1CC[C@H]2[C@@H](COC[C@@H](O)CN2C(=O)Nc2ccccc2)O1. The quantitative estimate of drug-likeness (QED) is 0.583. The lowest BCUT2D eigenvalue weighted by atomic mass is 9.95. The maximum atomic E-state index is 13.1. The number of urea groups is 1. The molecule has 0 aromatic heterocycles. The fourth-order valence-corrected chi connectivity index (χ4v) is 4.61. The summed E-state index contributed by atoms with van der Waals surface area (Å²) in [6.07, 6.45) is 0.0423. The second kappa shape index (κ2) is 12.0. The van der Waals surface area contributed by atoms with Gasteiger partial charge in [0.15, 0.2) is 0 Å². The monoisotopic (exact) mass is 483 g/mol. The van der Waals surface area contributed by atoms with E-state index >= 15 is 0 Å². The van der Waals surface area contributed by atoms with Crippen molar-refractivity contribution >= 4 is 17.6 Å². The second-order valence-corrected chi connectivity index (χ2v) is 8.87. The van der Waals surface area contributed by atoms with Gasteiger partial charge in [-0.15, -0.1) is 0 Å². The Morgan fingerprint density at radius 2 is 1.86 bits per heavy atom. The third-order valence-electron chi connectivity index (χ3n) is 6.35. The number of methoxy groups -OCH3 is 1. The number of carbonyl (C=O) groups is 2. The number of rotatable bonds is 6. The number of amides is 3. The molecule has 35 heavy (non-hydrogen) atoms. The summed E-state index contributed by atoms with van der Waals surface area (Å²) in [6.45, 7) is 0.880. The molecule has 0 spiro atoms. The molecule has 4 rings (SSSR count). The number of para-hydroxylation sites is 2. The molecule has 2 aromatic rings. The molecule has 0 bridgehead atoms. The molecule has 2 heterocycles. The Bertz CT molecular complexity index is 988. The zero-order chi connectivity index (χ0) is 24.6. The topological polar surface area (TPSA) is 109 Å². The number of β-amino-alcohol motifs (C(OH)–C–C–N with tert-alkyl or cyclic N) is 1. The number of aliphatic hydroxyl groups excluding tert-OH is 1. The van der Waals surface area contributed by atoms with Crippen LogP contribution in [0.2, 0.25) is 0 Å². The minimum absolute atomic E-state index is 0.111. The van der Waals surface area contributed by atoms with Gasteiger partial charge in [-0.3, -0.25) is 4.79 Å². The van der Waals surface area contributed by atoms with Gasteiger partial charge in [0, 0.05) is 17.8 Å². The van der Waals surface area contributed by atoms with Crippen LogP contribution in [0.15, 0.2) is 54.6 Å². The van der Waals surface area contributed by atoms with Crippen LogP contribution in [0.1, 0.15) is 24.8 Å². The molecule has 188 valence electrons. The van der Waals surface area contributed by atoms with Crippen LogP contribution in [0.3, 0.4) is 0 Å². The molecular weight excluding hydrogens is 450 g/mol. The van der Waals surface area contributed by atoms with Gasteiger partial charge in [-0.25, -0.2) is 4.79 Å². The van der Waals surface area contributed by atoms with E-state index in [4.69, 9.17) is 14.2 Å². The van der Waals surface area contributed by atoms with Gasteiger partial charge in [-0.1, -0.05) is 36.4 Å². The Labute approximate surface area is 205 Å². The van der Waals surface area contributed by atoms with Crippen molar-refractivity contribution in [3.05, 3.63) is 60.2 Å². The fourth-order valence-electron chi connectivity index (χ4n) is 4.61. The van der Waals surface area contributed by atoms with Crippen molar-refractivity contribution in [2.75, 3.05) is 32.2 Å². The molecule has 9 heteroatoms. The van der Waals surface area contributed by atoms with E-state index in [1.54, 1.807) is 12.0 Å². The van der Waals surface area contributed by atoms with Crippen LogP contribution in [0.5, 0.6) is 5.75 Å². The van der Waals surface area contributed by atoms with Crippen LogP contribution in [-0.4, -0.2) is 73.2 Å². The van der Waals surface area contributed by atoms with Crippen LogP contribution in [0.25, 0.3) is 0 Å². The van der Waals surface area contributed by atoms with Crippen molar-refractivity contribution in [1.82, 2.24) is 10.2 Å². The van der Waals surface area contributed by atoms with E-state index in [0.717, 1.165) is 11.3 Å². The molecule has 2 aliphatic heterocycles. The van der Waals surface area contributed by atoms with Gasteiger partial charge in [0.05, 0.1) is 51.5 Å². The van der Waals surface area contributed by atoms with Crippen molar-refractivity contribution in [3.8, 4) is 5.75 Å². The largest absolute Gasteiger partial charge is 0.496 e. The minimum atomic E-state index is -0.782. The van der Waals surface area contributed by atoms with Gasteiger partial charge in [0.1, 0.15) is 11.9 Å². The first-order chi connectivity index (χ1) is 17.0. The summed E-state index contributed by atoms with van der Waals surface area (Å²) in [4.78, 5) is 27.4. The molecule has 0 unspecified atom stereocenters. The number of hydrogen-bond acceptors (Lipinski definition) is 6. The minimum Gasteiger partial charge on any atom is -0.496 e. The summed E-state index contributed by atoms with van der Waals surface area (Å²) < 4.78 is 17.2. The molecule has 2 aromatic carbocycles. The molecule has 0 aliphatic carbocycles. The van der Waals surface area contributed by atoms with E-state index in [1.165, 1.54) is 0 Å². The molecule has 2 fully saturated rings. The molecule has 9 nitrogen and oxygen atoms in total. The van der Waals surface area contributed by atoms with Crippen LogP contribution in [-0.2, 0) is 20.8 Å². The average Bonchev–Trinajstić information content (AvgIpc) is 2.86. The van der Waals surface area contributed by atoms with E-state index in [1.807, 2.05) is 54.6 Å². The highest BCUT2D eigenvalue weighted by Crippen LogP contribution is 2.28. The van der Waals surface area contributed by atoms with Crippen molar-refractivity contribution in [3.63, 3.8) is 0 Å². The van der Waals surface area contributed by atoms with Gasteiger partial charge in [-0.2, -0.15) is 0 Å². The predicted octanol–water partition coefficient (Wildman–Crippen LogP) is 2.54. The molecule has 2 saturated heterocycles. The summed E-state index contributed by atoms with van der Waals surface area (Å²) in [5.74, 6) is 0.618. The third kappa shape index (κ3) is 6.72. The van der Waals surface area contributed by atoms with Crippen molar-refractivity contribution < 1.29 is 28.9 Å². The van der Waals surface area contributed by atoms with Crippen LogP contribution in [0.4, 0.5) is 10.5 Å². The zero-order valence-corrected chi connectivity index (χ0v) is 19.9. The normalized spacial score (nSPS) is 24.5. The maximum Gasteiger partial charge on any atom is 0.322 e. The van der Waals surface area contributed by atoms with Crippen LogP contribution in [0, 0.1) is 0 Å². The summed E-state index contributed by atoms with van der Waals surface area (Å²) in [5.41, 5.74) is 1.59. The summed E-state index contributed by atoms with van der Waals surface area (Å²) >= 11 is 0. The highest BCUT2D eigenvalue weighted by atomic mass is 16.5. The number of nitrogens with zero attached hydrogens (tertiary/aromatic N) is 1. The smallest absolute Gasteiger partial charge is 0.322 e. The molecule has 3 N–H and O–H groups in total. The molecule has 4 atom stereocenters. The number of benzene rings is 2. The highest BCUT2D eigenvalue weighted by molar-refractivity contribution is 5.89.